The molecule has 2 heterocycles. The summed E-state index contributed by atoms with van der Waals surface area (Å²) in [5.41, 5.74) is 2.02. The van der Waals surface area contributed by atoms with E-state index >= 15 is 0 Å². The van der Waals surface area contributed by atoms with Crippen LogP contribution in [0.25, 0.3) is 0 Å². The van der Waals surface area contributed by atoms with Crippen molar-refractivity contribution in [3.63, 3.8) is 0 Å². The maximum atomic E-state index is 13.9. The Hall–Kier alpha value is -4.48. The van der Waals surface area contributed by atoms with Crippen LogP contribution < -0.4 is 19.5 Å². The summed E-state index contributed by atoms with van der Waals surface area (Å²) in [6.07, 6.45) is 4.41. The summed E-state index contributed by atoms with van der Waals surface area (Å²) in [5.74, 6) is -2.65. The van der Waals surface area contributed by atoms with Gasteiger partial charge in [0.05, 0.1) is 0 Å². The monoisotopic (exact) mass is 549 g/mol. The molecule has 12 heteroatoms. The number of hydrogen-bond donors (Lipinski definition) is 1. The fraction of sp³-hybridized carbons (Fsp3) is 0.185. The van der Waals surface area contributed by atoms with E-state index < -0.39 is 42.3 Å². The number of benzene rings is 2. The third-order valence-corrected chi connectivity index (χ3v) is 5.78. The molecule has 0 aliphatic rings. The van der Waals surface area contributed by atoms with Gasteiger partial charge in [0, 0.05) is 42.4 Å². The standard InChI is InChI=1S/C27H21F6N3O3/c28-20-4-1-19(22(29)13-20)15-35-25-6-3-18(14-34-25)21(11-16-7-9-36(37)10-8-16)17-2-5-23(38-26(30)31)24(12-17)39-27(32)33/h1-10,12-14,21,26-27H,11,15H2,(H,34,35). The van der Waals surface area contributed by atoms with Crippen LogP contribution in [0.15, 0.2) is 79.3 Å². The Morgan fingerprint density at radius 3 is 2.15 bits per heavy atom. The predicted octanol–water partition coefficient (Wildman–Crippen LogP) is 6.18. The number of aromatic nitrogens is 2. The SMILES string of the molecule is [O-][n+]1ccc(CC(c2ccc(NCc3ccc(F)cc3F)nc2)c2ccc(OC(F)F)c(OC(F)F)c2)cc1. The van der Waals surface area contributed by atoms with E-state index in [1.54, 1.807) is 24.3 Å². The fourth-order valence-corrected chi connectivity index (χ4v) is 3.93. The minimum atomic E-state index is -3.28. The Morgan fingerprint density at radius 2 is 1.51 bits per heavy atom. The molecule has 0 saturated heterocycles. The zero-order valence-electron chi connectivity index (χ0n) is 20.0. The number of nitrogens with one attached hydrogen (secondary N) is 1. The first kappa shape index (κ1) is 27.6. The van der Waals surface area contributed by atoms with Gasteiger partial charge < -0.3 is 20.0 Å². The Balaban J connectivity index is 1.63. The van der Waals surface area contributed by atoms with Gasteiger partial charge in [-0.05, 0) is 47.4 Å². The van der Waals surface area contributed by atoms with Gasteiger partial charge in [-0.15, -0.1) is 0 Å². The minimum Gasteiger partial charge on any atom is -0.619 e. The number of hydrogen-bond acceptors (Lipinski definition) is 5. The van der Waals surface area contributed by atoms with Gasteiger partial charge in [-0.2, -0.15) is 22.3 Å². The average molecular weight is 549 g/mol. The van der Waals surface area contributed by atoms with Crippen molar-refractivity contribution in [3.05, 3.63) is 118 Å². The summed E-state index contributed by atoms with van der Waals surface area (Å²) in [7, 11) is 0. The molecule has 0 aliphatic heterocycles. The van der Waals surface area contributed by atoms with E-state index in [4.69, 9.17) is 0 Å². The van der Waals surface area contributed by atoms with E-state index in [1.807, 2.05) is 0 Å². The first-order valence-corrected chi connectivity index (χ1v) is 11.5. The zero-order valence-corrected chi connectivity index (χ0v) is 20.0. The van der Waals surface area contributed by atoms with Gasteiger partial charge >= 0.3 is 13.2 Å². The summed E-state index contributed by atoms with van der Waals surface area (Å²) in [6, 6.07) is 13.5. The largest absolute Gasteiger partial charge is 0.619 e. The molecule has 4 aromatic rings. The highest BCUT2D eigenvalue weighted by molar-refractivity contribution is 5.47. The Labute approximate surface area is 219 Å². The molecule has 2 aromatic heterocycles. The first-order chi connectivity index (χ1) is 18.7. The lowest BCUT2D eigenvalue weighted by molar-refractivity contribution is -0.605. The summed E-state index contributed by atoms with van der Waals surface area (Å²) in [5, 5.41) is 14.4. The molecule has 0 spiro atoms. The van der Waals surface area contributed by atoms with E-state index in [-0.39, 0.29) is 12.1 Å². The molecule has 1 N–H and O–H groups in total. The topological polar surface area (TPSA) is 70.3 Å². The molecule has 0 radical (unpaired) electrons. The molecule has 0 fully saturated rings. The maximum Gasteiger partial charge on any atom is 0.387 e. The summed E-state index contributed by atoms with van der Waals surface area (Å²) in [4.78, 5) is 4.33. The lowest BCUT2D eigenvalue weighted by Gasteiger charge is -2.20. The molecule has 39 heavy (non-hydrogen) atoms. The second kappa shape index (κ2) is 12.4. The molecule has 0 saturated carbocycles. The third-order valence-electron chi connectivity index (χ3n) is 5.78. The second-order valence-electron chi connectivity index (χ2n) is 8.35. The van der Waals surface area contributed by atoms with Gasteiger partial charge in [-0.1, -0.05) is 18.2 Å². The summed E-state index contributed by atoms with van der Waals surface area (Å²) in [6.45, 7) is -6.48. The number of pyridine rings is 2. The summed E-state index contributed by atoms with van der Waals surface area (Å²) >= 11 is 0. The van der Waals surface area contributed by atoms with Crippen molar-refractivity contribution in [2.45, 2.75) is 32.1 Å². The smallest absolute Gasteiger partial charge is 0.387 e. The molecule has 1 atom stereocenters. The molecule has 4 rings (SSSR count). The molecule has 0 amide bonds. The first-order valence-electron chi connectivity index (χ1n) is 11.5. The van der Waals surface area contributed by atoms with Crippen LogP contribution in [0.3, 0.4) is 0 Å². The van der Waals surface area contributed by atoms with Crippen LogP contribution in [-0.4, -0.2) is 18.2 Å². The number of nitrogens with zero attached hydrogens (tertiary/aromatic N) is 2. The molecule has 2 aromatic carbocycles. The summed E-state index contributed by atoms with van der Waals surface area (Å²) < 4.78 is 88.0. The molecule has 1 unspecified atom stereocenters. The number of ether oxygens (including phenoxy) is 2. The lowest BCUT2D eigenvalue weighted by Crippen LogP contribution is -2.24. The van der Waals surface area contributed by atoms with E-state index in [0.717, 1.165) is 23.8 Å². The lowest BCUT2D eigenvalue weighted by atomic mass is 9.87. The highest BCUT2D eigenvalue weighted by atomic mass is 19.3. The van der Waals surface area contributed by atoms with Crippen molar-refractivity contribution >= 4 is 5.82 Å². The van der Waals surface area contributed by atoms with Gasteiger partial charge in [-0.3, -0.25) is 0 Å². The van der Waals surface area contributed by atoms with E-state index in [1.165, 1.54) is 36.8 Å². The van der Waals surface area contributed by atoms with Crippen molar-refractivity contribution in [2.75, 3.05) is 5.32 Å². The van der Waals surface area contributed by atoms with Gasteiger partial charge in [0.1, 0.15) is 17.5 Å². The molecular formula is C27H21F6N3O3. The highest BCUT2D eigenvalue weighted by Crippen LogP contribution is 2.37. The Kier molecular flexibility index (Phi) is 8.74. The quantitative estimate of drug-likeness (QED) is 0.137. The van der Waals surface area contributed by atoms with E-state index in [9.17, 15) is 31.5 Å². The van der Waals surface area contributed by atoms with Crippen LogP contribution in [0, 0.1) is 16.8 Å². The van der Waals surface area contributed by atoms with Crippen LogP contribution >= 0.6 is 0 Å². The van der Waals surface area contributed by atoms with E-state index in [0.29, 0.717) is 28.1 Å². The van der Waals surface area contributed by atoms with Crippen molar-refractivity contribution < 1.29 is 40.5 Å². The Bertz CT molecular complexity index is 1390. The number of alkyl halides is 4. The van der Waals surface area contributed by atoms with Crippen LogP contribution in [-0.2, 0) is 13.0 Å². The Morgan fingerprint density at radius 1 is 0.821 bits per heavy atom. The molecule has 6 nitrogen and oxygen atoms in total. The van der Waals surface area contributed by atoms with Crippen molar-refractivity contribution in [3.8, 4) is 11.5 Å². The predicted molar refractivity (Wildman–Crippen MR) is 129 cm³/mol. The molecule has 0 bridgehead atoms. The number of rotatable bonds is 11. The number of anilines is 1. The van der Waals surface area contributed by atoms with Crippen molar-refractivity contribution in [1.29, 1.82) is 0 Å². The van der Waals surface area contributed by atoms with Crippen molar-refractivity contribution in [2.24, 2.45) is 0 Å². The maximum absolute atomic E-state index is 13.9. The van der Waals surface area contributed by atoms with Crippen LogP contribution in [0.2, 0.25) is 0 Å². The normalized spacial score (nSPS) is 12.0. The van der Waals surface area contributed by atoms with Gasteiger partial charge in [0.2, 0.25) is 0 Å². The average Bonchev–Trinajstić information content (AvgIpc) is 2.89. The van der Waals surface area contributed by atoms with Gasteiger partial charge in [-0.25, -0.2) is 13.8 Å². The van der Waals surface area contributed by atoms with Crippen LogP contribution in [0.1, 0.15) is 28.2 Å². The van der Waals surface area contributed by atoms with Crippen molar-refractivity contribution in [1.82, 2.24) is 4.98 Å². The zero-order chi connectivity index (χ0) is 27.9. The van der Waals surface area contributed by atoms with Crippen LogP contribution in [0.4, 0.5) is 32.2 Å². The molecule has 0 aliphatic carbocycles. The van der Waals surface area contributed by atoms with Gasteiger partial charge in [0.15, 0.2) is 23.9 Å². The highest BCUT2D eigenvalue weighted by Gasteiger charge is 2.21. The van der Waals surface area contributed by atoms with Crippen LogP contribution in [0.5, 0.6) is 11.5 Å². The number of halogens is 6. The molecular weight excluding hydrogens is 528 g/mol. The second-order valence-corrected chi connectivity index (χ2v) is 8.35. The minimum absolute atomic E-state index is 0.0427. The van der Waals surface area contributed by atoms with E-state index in [2.05, 4.69) is 19.8 Å². The fourth-order valence-electron chi connectivity index (χ4n) is 3.93. The third kappa shape index (κ3) is 7.53. The molecule has 204 valence electrons. The van der Waals surface area contributed by atoms with Gasteiger partial charge in [0.25, 0.3) is 0 Å².